The van der Waals surface area contributed by atoms with Gasteiger partial charge in [0.2, 0.25) is 0 Å². The monoisotopic (exact) mass is 323 g/mol. The summed E-state index contributed by atoms with van der Waals surface area (Å²) in [5.74, 6) is 0.870. The number of nitrogens with zero attached hydrogens (tertiary/aromatic N) is 2. The van der Waals surface area contributed by atoms with E-state index in [2.05, 4.69) is 32.4 Å². The fraction of sp³-hybridized carbons (Fsp3) is 0.357. The van der Waals surface area contributed by atoms with Gasteiger partial charge in [-0.15, -0.1) is 0 Å². The Bertz CT molecular complexity index is 566. The third kappa shape index (κ3) is 3.16. The molecular formula is C14H18BrN3O. The summed E-state index contributed by atoms with van der Waals surface area (Å²) in [5, 5.41) is 0. The first kappa shape index (κ1) is 14.1. The third-order valence-corrected chi connectivity index (χ3v) is 3.50. The molecule has 2 rings (SSSR count). The molecule has 0 saturated heterocycles. The Labute approximate surface area is 121 Å². The number of nitrogens with two attached hydrogens (primary N) is 1. The van der Waals surface area contributed by atoms with Gasteiger partial charge in [-0.2, -0.15) is 0 Å². The van der Waals surface area contributed by atoms with E-state index in [1.54, 1.807) is 0 Å². The Kier molecular flexibility index (Phi) is 4.61. The highest BCUT2D eigenvalue weighted by atomic mass is 79.9. The maximum atomic E-state index is 5.94. The lowest BCUT2D eigenvalue weighted by atomic mass is 10.1. The van der Waals surface area contributed by atoms with Crippen LogP contribution in [-0.4, -0.2) is 9.55 Å². The lowest BCUT2D eigenvalue weighted by Crippen LogP contribution is -2.07. The maximum Gasteiger partial charge on any atom is 0.130 e. The second kappa shape index (κ2) is 6.21. The smallest absolute Gasteiger partial charge is 0.130 e. The normalized spacial score (nSPS) is 10.7. The van der Waals surface area contributed by atoms with Crippen molar-refractivity contribution < 1.29 is 4.74 Å². The van der Waals surface area contributed by atoms with Gasteiger partial charge in [0.1, 0.15) is 12.4 Å². The number of aryl methyl sites for hydroxylation is 2. The van der Waals surface area contributed by atoms with Gasteiger partial charge in [0, 0.05) is 23.1 Å². The molecule has 1 heterocycles. The number of aromatic nitrogens is 2. The molecule has 0 amide bonds. The summed E-state index contributed by atoms with van der Waals surface area (Å²) >= 11 is 3.48. The molecule has 1 aromatic heterocycles. The van der Waals surface area contributed by atoms with E-state index in [1.807, 2.05) is 31.6 Å². The maximum absolute atomic E-state index is 5.94. The van der Waals surface area contributed by atoms with Crippen molar-refractivity contribution in [1.82, 2.24) is 9.55 Å². The SMILES string of the molecule is CCn1cncc1COc1c(C)cc(Br)cc1CN. The predicted octanol–water partition coefficient (Wildman–Crippen LogP) is 3.01. The van der Waals surface area contributed by atoms with Gasteiger partial charge in [-0.25, -0.2) is 4.98 Å². The van der Waals surface area contributed by atoms with Crippen molar-refractivity contribution in [2.24, 2.45) is 5.73 Å². The molecule has 19 heavy (non-hydrogen) atoms. The van der Waals surface area contributed by atoms with Crippen LogP contribution in [0.3, 0.4) is 0 Å². The molecule has 1 aromatic carbocycles. The van der Waals surface area contributed by atoms with Gasteiger partial charge in [-0.3, -0.25) is 0 Å². The topological polar surface area (TPSA) is 53.1 Å². The van der Waals surface area contributed by atoms with Gasteiger partial charge < -0.3 is 15.0 Å². The zero-order valence-corrected chi connectivity index (χ0v) is 12.8. The highest BCUT2D eigenvalue weighted by molar-refractivity contribution is 9.10. The first-order valence-electron chi connectivity index (χ1n) is 6.26. The summed E-state index contributed by atoms with van der Waals surface area (Å²) in [4.78, 5) is 4.14. The molecule has 0 saturated carbocycles. The average Bonchev–Trinajstić information content (AvgIpc) is 2.84. The summed E-state index contributed by atoms with van der Waals surface area (Å²) in [6, 6.07) is 4.03. The molecule has 0 aliphatic heterocycles. The minimum atomic E-state index is 0.461. The minimum Gasteiger partial charge on any atom is -0.487 e. The van der Waals surface area contributed by atoms with E-state index in [4.69, 9.17) is 10.5 Å². The quantitative estimate of drug-likeness (QED) is 0.920. The van der Waals surface area contributed by atoms with Crippen molar-refractivity contribution in [2.75, 3.05) is 0 Å². The number of benzene rings is 1. The van der Waals surface area contributed by atoms with E-state index in [9.17, 15) is 0 Å². The van der Waals surface area contributed by atoms with Gasteiger partial charge in [-0.1, -0.05) is 15.9 Å². The van der Waals surface area contributed by atoms with Crippen molar-refractivity contribution in [1.29, 1.82) is 0 Å². The van der Waals surface area contributed by atoms with Crippen LogP contribution < -0.4 is 10.5 Å². The Morgan fingerprint density at radius 1 is 1.42 bits per heavy atom. The molecule has 0 unspecified atom stereocenters. The molecule has 0 atom stereocenters. The zero-order chi connectivity index (χ0) is 13.8. The molecule has 0 fully saturated rings. The molecule has 0 radical (unpaired) electrons. The van der Waals surface area contributed by atoms with Crippen LogP contribution in [0.1, 0.15) is 23.7 Å². The lowest BCUT2D eigenvalue weighted by molar-refractivity contribution is 0.290. The summed E-state index contributed by atoms with van der Waals surface area (Å²) in [6.07, 6.45) is 3.65. The fourth-order valence-corrected chi connectivity index (χ4v) is 2.68. The van der Waals surface area contributed by atoms with Gasteiger partial charge in [0.15, 0.2) is 0 Å². The molecule has 0 spiro atoms. The van der Waals surface area contributed by atoms with Crippen LogP contribution in [0.5, 0.6) is 5.75 Å². The van der Waals surface area contributed by atoms with Gasteiger partial charge in [0.25, 0.3) is 0 Å². The standard InChI is InChI=1S/C14H18BrN3O/c1-3-18-9-17-7-13(18)8-19-14-10(2)4-12(15)5-11(14)6-16/h4-5,7,9H,3,6,8,16H2,1-2H3. The predicted molar refractivity (Wildman–Crippen MR) is 79.0 cm³/mol. The molecular weight excluding hydrogens is 306 g/mol. The Balaban J connectivity index is 2.20. The van der Waals surface area contributed by atoms with Crippen molar-refractivity contribution in [3.63, 3.8) is 0 Å². The first-order valence-corrected chi connectivity index (χ1v) is 7.06. The van der Waals surface area contributed by atoms with Gasteiger partial charge in [-0.05, 0) is 31.5 Å². The molecule has 0 bridgehead atoms. The van der Waals surface area contributed by atoms with E-state index in [0.717, 1.165) is 33.6 Å². The summed E-state index contributed by atoms with van der Waals surface area (Å²) in [5.41, 5.74) is 8.93. The van der Waals surface area contributed by atoms with E-state index in [1.165, 1.54) is 0 Å². The van der Waals surface area contributed by atoms with E-state index >= 15 is 0 Å². The Hall–Kier alpha value is -1.33. The minimum absolute atomic E-state index is 0.461. The number of hydrogen-bond donors (Lipinski definition) is 1. The molecule has 5 heteroatoms. The van der Waals surface area contributed by atoms with Crippen LogP contribution in [-0.2, 0) is 19.7 Å². The average molecular weight is 324 g/mol. The largest absolute Gasteiger partial charge is 0.487 e. The Morgan fingerprint density at radius 2 is 2.21 bits per heavy atom. The molecule has 4 nitrogen and oxygen atoms in total. The first-order chi connectivity index (χ1) is 9.15. The Morgan fingerprint density at radius 3 is 2.89 bits per heavy atom. The van der Waals surface area contributed by atoms with Crippen molar-refractivity contribution >= 4 is 15.9 Å². The van der Waals surface area contributed by atoms with Crippen LogP contribution in [0, 0.1) is 6.92 Å². The van der Waals surface area contributed by atoms with Gasteiger partial charge >= 0.3 is 0 Å². The van der Waals surface area contributed by atoms with Crippen LogP contribution in [0.4, 0.5) is 0 Å². The summed E-state index contributed by atoms with van der Waals surface area (Å²) in [7, 11) is 0. The molecule has 0 aliphatic carbocycles. The molecule has 0 aliphatic rings. The van der Waals surface area contributed by atoms with Crippen molar-refractivity contribution in [3.05, 3.63) is 46.0 Å². The fourth-order valence-electron chi connectivity index (χ4n) is 2.06. The zero-order valence-electron chi connectivity index (χ0n) is 11.2. The number of ether oxygens (including phenoxy) is 1. The van der Waals surface area contributed by atoms with E-state index < -0.39 is 0 Å². The molecule has 2 N–H and O–H groups in total. The van der Waals surface area contributed by atoms with Crippen LogP contribution in [0.2, 0.25) is 0 Å². The van der Waals surface area contributed by atoms with E-state index in [0.29, 0.717) is 13.2 Å². The third-order valence-electron chi connectivity index (χ3n) is 3.04. The van der Waals surface area contributed by atoms with Crippen molar-refractivity contribution in [3.8, 4) is 5.75 Å². The van der Waals surface area contributed by atoms with E-state index in [-0.39, 0.29) is 0 Å². The van der Waals surface area contributed by atoms with Crippen LogP contribution in [0.25, 0.3) is 0 Å². The number of halogens is 1. The van der Waals surface area contributed by atoms with Crippen LogP contribution >= 0.6 is 15.9 Å². The summed E-state index contributed by atoms with van der Waals surface area (Å²) in [6.45, 7) is 5.96. The highest BCUT2D eigenvalue weighted by Crippen LogP contribution is 2.28. The summed E-state index contributed by atoms with van der Waals surface area (Å²) < 4.78 is 9.03. The van der Waals surface area contributed by atoms with Crippen molar-refractivity contribution in [2.45, 2.75) is 33.5 Å². The lowest BCUT2D eigenvalue weighted by Gasteiger charge is -2.14. The number of imidazole rings is 1. The second-order valence-electron chi connectivity index (χ2n) is 4.37. The molecule has 2 aromatic rings. The second-order valence-corrected chi connectivity index (χ2v) is 5.29. The van der Waals surface area contributed by atoms with Crippen LogP contribution in [0.15, 0.2) is 29.1 Å². The molecule has 102 valence electrons. The van der Waals surface area contributed by atoms with Gasteiger partial charge in [0.05, 0.1) is 18.2 Å². The highest BCUT2D eigenvalue weighted by Gasteiger charge is 2.09. The number of rotatable bonds is 5. The number of hydrogen-bond acceptors (Lipinski definition) is 3.